The molecule has 0 aliphatic carbocycles. The van der Waals surface area contributed by atoms with Gasteiger partial charge < -0.3 is 14.4 Å². The van der Waals surface area contributed by atoms with Crippen LogP contribution in [0.1, 0.15) is 35.7 Å². The standard InChI is InChI=1S/C29H28N4O2/c34-27-17-23(19-31(27)18-21-9-2-1-3-10-21)29-30-24-13-5-7-15-26(24)33(29)20-28(35)32-16-8-12-22-11-4-6-14-25(22)32/h1-7,9-11,13-15,23H,8,12,16-20H2/t23-/m0/s1. The lowest BCUT2D eigenvalue weighted by molar-refractivity contribution is -0.128. The number of fused-ring (bicyclic) bond motifs is 2. The van der Waals surface area contributed by atoms with E-state index in [0.29, 0.717) is 19.5 Å². The van der Waals surface area contributed by atoms with Crippen LogP contribution >= 0.6 is 0 Å². The monoisotopic (exact) mass is 464 g/mol. The Kier molecular flexibility index (Phi) is 5.57. The number of hydrogen-bond donors (Lipinski definition) is 0. The molecule has 2 amide bonds. The number of imidazole rings is 1. The van der Waals surface area contributed by atoms with Crippen molar-refractivity contribution < 1.29 is 9.59 Å². The third kappa shape index (κ3) is 4.09. The molecule has 3 heterocycles. The van der Waals surface area contributed by atoms with Crippen LogP contribution < -0.4 is 4.90 Å². The molecule has 4 aromatic rings. The third-order valence-electron chi connectivity index (χ3n) is 7.18. The lowest BCUT2D eigenvalue weighted by Crippen LogP contribution is -2.38. The summed E-state index contributed by atoms with van der Waals surface area (Å²) >= 11 is 0. The van der Waals surface area contributed by atoms with Crippen LogP contribution in [0.2, 0.25) is 0 Å². The van der Waals surface area contributed by atoms with Gasteiger partial charge in [-0.05, 0) is 42.2 Å². The molecular weight excluding hydrogens is 436 g/mol. The maximum atomic E-state index is 13.6. The zero-order chi connectivity index (χ0) is 23.8. The van der Waals surface area contributed by atoms with Gasteiger partial charge in [0, 0.05) is 37.7 Å². The predicted molar refractivity (Wildman–Crippen MR) is 136 cm³/mol. The number of likely N-dealkylation sites (tertiary alicyclic amines) is 1. The van der Waals surface area contributed by atoms with Gasteiger partial charge in [-0.2, -0.15) is 0 Å². The van der Waals surface area contributed by atoms with E-state index in [-0.39, 0.29) is 24.3 Å². The number of amides is 2. The van der Waals surface area contributed by atoms with Gasteiger partial charge in [0.2, 0.25) is 11.8 Å². The summed E-state index contributed by atoms with van der Waals surface area (Å²) in [6.07, 6.45) is 2.38. The average molecular weight is 465 g/mol. The van der Waals surface area contributed by atoms with Gasteiger partial charge in [-0.25, -0.2) is 4.98 Å². The number of para-hydroxylation sites is 3. The van der Waals surface area contributed by atoms with Crippen LogP contribution in [0.4, 0.5) is 5.69 Å². The van der Waals surface area contributed by atoms with E-state index in [1.54, 1.807) is 0 Å². The normalized spacial score (nSPS) is 17.7. The van der Waals surface area contributed by atoms with Crippen LogP contribution in [-0.2, 0) is 29.1 Å². The molecule has 0 N–H and O–H groups in total. The highest BCUT2D eigenvalue weighted by molar-refractivity contribution is 5.95. The fraction of sp³-hybridized carbons (Fsp3) is 0.276. The van der Waals surface area contributed by atoms with E-state index in [9.17, 15) is 9.59 Å². The molecule has 0 spiro atoms. The number of benzene rings is 3. The number of carbonyl (C=O) groups is 2. The summed E-state index contributed by atoms with van der Waals surface area (Å²) in [7, 11) is 0. The van der Waals surface area contributed by atoms with Crippen molar-refractivity contribution in [1.82, 2.24) is 14.5 Å². The van der Waals surface area contributed by atoms with Gasteiger partial charge in [0.25, 0.3) is 0 Å². The average Bonchev–Trinajstić information content (AvgIpc) is 3.44. The molecule has 1 fully saturated rings. The minimum absolute atomic E-state index is 0.0416. The van der Waals surface area contributed by atoms with Crippen molar-refractivity contribution in [2.75, 3.05) is 18.0 Å². The lowest BCUT2D eigenvalue weighted by atomic mass is 10.0. The lowest BCUT2D eigenvalue weighted by Gasteiger charge is -2.30. The molecule has 35 heavy (non-hydrogen) atoms. The van der Waals surface area contributed by atoms with Gasteiger partial charge in [-0.3, -0.25) is 9.59 Å². The van der Waals surface area contributed by atoms with Crippen molar-refractivity contribution in [3.63, 3.8) is 0 Å². The molecule has 3 aromatic carbocycles. The molecule has 1 saturated heterocycles. The Labute approximate surface area is 204 Å². The quantitative estimate of drug-likeness (QED) is 0.436. The minimum atomic E-state index is -0.0416. The molecule has 1 atom stereocenters. The first kappa shape index (κ1) is 21.6. The van der Waals surface area contributed by atoms with Gasteiger partial charge in [-0.1, -0.05) is 60.7 Å². The Morgan fingerprint density at radius 1 is 0.943 bits per heavy atom. The maximum Gasteiger partial charge on any atom is 0.246 e. The molecule has 6 rings (SSSR count). The summed E-state index contributed by atoms with van der Waals surface area (Å²) in [4.78, 5) is 35.3. The van der Waals surface area contributed by atoms with Crippen molar-refractivity contribution >= 4 is 28.5 Å². The van der Waals surface area contributed by atoms with E-state index in [2.05, 4.69) is 6.07 Å². The number of hydrogen-bond acceptors (Lipinski definition) is 3. The van der Waals surface area contributed by atoms with Crippen molar-refractivity contribution in [3.05, 3.63) is 95.8 Å². The van der Waals surface area contributed by atoms with E-state index in [0.717, 1.165) is 47.5 Å². The molecule has 0 radical (unpaired) electrons. The van der Waals surface area contributed by atoms with Gasteiger partial charge in [-0.15, -0.1) is 0 Å². The first-order chi connectivity index (χ1) is 17.2. The summed E-state index contributed by atoms with van der Waals surface area (Å²) in [5.41, 5.74) is 5.16. The molecular formula is C29H28N4O2. The van der Waals surface area contributed by atoms with Gasteiger partial charge in [0.1, 0.15) is 12.4 Å². The zero-order valence-corrected chi connectivity index (χ0v) is 19.6. The summed E-state index contributed by atoms with van der Waals surface area (Å²) in [6, 6.07) is 26.2. The molecule has 0 saturated carbocycles. The van der Waals surface area contributed by atoms with E-state index >= 15 is 0 Å². The molecule has 0 unspecified atom stereocenters. The van der Waals surface area contributed by atoms with E-state index in [4.69, 9.17) is 4.98 Å². The Hall–Kier alpha value is -3.93. The Bertz CT molecular complexity index is 1390. The maximum absolute atomic E-state index is 13.6. The fourth-order valence-corrected chi connectivity index (χ4v) is 5.49. The molecule has 2 aliphatic rings. The molecule has 2 aliphatic heterocycles. The number of carbonyl (C=O) groups excluding carboxylic acids is 2. The molecule has 0 bridgehead atoms. The van der Waals surface area contributed by atoms with Crippen LogP contribution in [-0.4, -0.2) is 39.4 Å². The molecule has 6 nitrogen and oxygen atoms in total. The fourth-order valence-electron chi connectivity index (χ4n) is 5.49. The van der Waals surface area contributed by atoms with E-state index in [1.165, 1.54) is 5.56 Å². The number of anilines is 1. The first-order valence-electron chi connectivity index (χ1n) is 12.3. The Morgan fingerprint density at radius 3 is 2.60 bits per heavy atom. The zero-order valence-electron chi connectivity index (χ0n) is 19.6. The van der Waals surface area contributed by atoms with E-state index in [1.807, 2.05) is 87.2 Å². The van der Waals surface area contributed by atoms with Crippen molar-refractivity contribution in [2.45, 2.75) is 38.3 Å². The summed E-state index contributed by atoms with van der Waals surface area (Å²) in [6.45, 7) is 2.15. The first-order valence-corrected chi connectivity index (χ1v) is 12.3. The largest absolute Gasteiger partial charge is 0.338 e. The molecule has 176 valence electrons. The number of aromatic nitrogens is 2. The second kappa shape index (κ2) is 9.02. The van der Waals surface area contributed by atoms with Crippen molar-refractivity contribution in [1.29, 1.82) is 0 Å². The van der Waals surface area contributed by atoms with Gasteiger partial charge in [0.05, 0.1) is 11.0 Å². The number of aryl methyl sites for hydroxylation is 1. The van der Waals surface area contributed by atoms with E-state index < -0.39 is 0 Å². The van der Waals surface area contributed by atoms with Crippen LogP contribution in [0.25, 0.3) is 11.0 Å². The van der Waals surface area contributed by atoms with Crippen LogP contribution in [0.3, 0.4) is 0 Å². The Morgan fingerprint density at radius 2 is 1.71 bits per heavy atom. The van der Waals surface area contributed by atoms with Crippen LogP contribution in [0.15, 0.2) is 78.9 Å². The summed E-state index contributed by atoms with van der Waals surface area (Å²) < 4.78 is 2.04. The smallest absolute Gasteiger partial charge is 0.246 e. The highest BCUT2D eigenvalue weighted by Crippen LogP contribution is 2.32. The molecule has 6 heteroatoms. The van der Waals surface area contributed by atoms with Crippen molar-refractivity contribution in [2.24, 2.45) is 0 Å². The summed E-state index contributed by atoms with van der Waals surface area (Å²) in [5.74, 6) is 0.981. The third-order valence-corrected chi connectivity index (χ3v) is 7.18. The molecule has 1 aromatic heterocycles. The predicted octanol–water partition coefficient (Wildman–Crippen LogP) is 4.53. The second-order valence-electron chi connectivity index (χ2n) is 9.48. The SMILES string of the molecule is O=C1C[C@H](c2nc3ccccc3n2CC(=O)N2CCCc3ccccc32)CN1Cc1ccccc1. The van der Waals surface area contributed by atoms with Crippen LogP contribution in [0.5, 0.6) is 0 Å². The minimum Gasteiger partial charge on any atom is -0.338 e. The van der Waals surface area contributed by atoms with Gasteiger partial charge >= 0.3 is 0 Å². The second-order valence-corrected chi connectivity index (χ2v) is 9.48. The topological polar surface area (TPSA) is 58.4 Å². The highest BCUT2D eigenvalue weighted by Gasteiger charge is 2.34. The number of nitrogens with zero attached hydrogens (tertiary/aromatic N) is 4. The number of rotatable bonds is 5. The van der Waals surface area contributed by atoms with Crippen molar-refractivity contribution in [3.8, 4) is 0 Å². The van der Waals surface area contributed by atoms with Gasteiger partial charge in [0.15, 0.2) is 0 Å². The summed E-state index contributed by atoms with van der Waals surface area (Å²) in [5, 5.41) is 0. The highest BCUT2D eigenvalue weighted by atomic mass is 16.2. The Balaban J connectivity index is 1.30. The van der Waals surface area contributed by atoms with Crippen LogP contribution in [0, 0.1) is 0 Å².